The first kappa shape index (κ1) is 15.7. The van der Waals surface area contributed by atoms with Gasteiger partial charge in [0, 0.05) is 16.8 Å². The first-order chi connectivity index (χ1) is 7.22. The van der Waals surface area contributed by atoms with E-state index in [0.717, 1.165) is 5.47 Å². The van der Waals surface area contributed by atoms with Gasteiger partial charge in [-0.25, -0.2) is 0 Å². The van der Waals surface area contributed by atoms with E-state index in [0.29, 0.717) is 25.6 Å². The van der Waals surface area contributed by atoms with E-state index in [1.807, 2.05) is 20.5 Å². The number of hydrogen-bond acceptors (Lipinski definition) is 3. The van der Waals surface area contributed by atoms with Crippen LogP contribution >= 0.6 is 8.58 Å². The molecule has 16 heavy (non-hydrogen) atoms. The summed E-state index contributed by atoms with van der Waals surface area (Å²) < 4.78 is 5.74. The maximum atomic E-state index is 7.80. The molecule has 3 nitrogen and oxygen atoms in total. The molecule has 5 heteroatoms. The predicted molar refractivity (Wildman–Crippen MR) is 74.6 cm³/mol. The number of rotatable bonds is 6. The number of allylic oxidation sites excluding steroid dienone is 2. The van der Waals surface area contributed by atoms with E-state index in [1.54, 1.807) is 14.4 Å². The van der Waals surface area contributed by atoms with Gasteiger partial charge in [-0.1, -0.05) is 22.4 Å². The molecule has 91 valence electrons. The van der Waals surface area contributed by atoms with Gasteiger partial charge in [0.15, 0.2) is 0 Å². The summed E-state index contributed by atoms with van der Waals surface area (Å²) in [7, 11) is 2.06. The Morgan fingerprint density at radius 3 is 2.25 bits per heavy atom. The largest absolute Gasteiger partial charge is 0.429 e. The summed E-state index contributed by atoms with van der Waals surface area (Å²) in [6, 6.07) is 0. The Kier molecular flexibility index (Phi) is 6.28. The van der Waals surface area contributed by atoms with Crippen LogP contribution in [0, 0.1) is 11.3 Å². The van der Waals surface area contributed by atoms with Gasteiger partial charge < -0.3 is 15.8 Å². The molecule has 0 fully saturated rings. The number of hydrogen-bond donors (Lipinski definition) is 2. The smallest absolute Gasteiger partial charge is 0.334 e. The molecular formula is C11H23BN2OP. The third-order valence-electron chi connectivity index (χ3n) is 2.82. The standard InChI is InChI=1S/C11H23BN2OP/c1-7(2)11(4,5)15-12-9(8(3)13)10(14)16-6/h7,14,16H,13H2,1-6H3/b9-8+,14-10?. The lowest BCUT2D eigenvalue weighted by Gasteiger charge is -2.30. The quantitative estimate of drug-likeness (QED) is 0.426. The normalized spacial score (nSPS) is 14.4. The summed E-state index contributed by atoms with van der Waals surface area (Å²) in [5.41, 5.74) is 7.41. The van der Waals surface area contributed by atoms with E-state index in [2.05, 4.69) is 13.8 Å². The minimum absolute atomic E-state index is 0.238. The Morgan fingerprint density at radius 2 is 1.94 bits per heavy atom. The summed E-state index contributed by atoms with van der Waals surface area (Å²) in [6.07, 6.45) is 0. The molecule has 1 radical (unpaired) electrons. The molecule has 0 aliphatic rings. The van der Waals surface area contributed by atoms with Crippen LogP contribution in [0.15, 0.2) is 11.2 Å². The third-order valence-corrected chi connectivity index (χ3v) is 3.58. The van der Waals surface area contributed by atoms with Crippen molar-refractivity contribution in [1.29, 1.82) is 5.41 Å². The SMILES string of the molecule is CPC(=N)/C([B]OC(C)(C)C(C)C)=C(/C)N. The second kappa shape index (κ2) is 6.41. The molecule has 1 atom stereocenters. The summed E-state index contributed by atoms with van der Waals surface area (Å²) >= 11 is 0. The van der Waals surface area contributed by atoms with E-state index in [1.165, 1.54) is 0 Å². The maximum Gasteiger partial charge on any atom is 0.334 e. The molecular weight excluding hydrogens is 218 g/mol. The Hall–Kier alpha value is -0.335. The number of nitrogens with two attached hydrogens (primary N) is 1. The van der Waals surface area contributed by atoms with Gasteiger partial charge in [-0.3, -0.25) is 0 Å². The fraction of sp³-hybridized carbons (Fsp3) is 0.727. The molecule has 1 unspecified atom stereocenters. The van der Waals surface area contributed by atoms with Gasteiger partial charge in [0.05, 0.1) is 0 Å². The molecule has 0 heterocycles. The first-order valence-electron chi connectivity index (χ1n) is 5.46. The van der Waals surface area contributed by atoms with Gasteiger partial charge in [0.25, 0.3) is 0 Å². The molecule has 0 rings (SSSR count). The Balaban J connectivity index is 4.60. The molecule has 0 aromatic rings. The molecule has 0 saturated carbocycles. The van der Waals surface area contributed by atoms with E-state index >= 15 is 0 Å². The van der Waals surface area contributed by atoms with Crippen LogP contribution < -0.4 is 5.73 Å². The van der Waals surface area contributed by atoms with E-state index in [-0.39, 0.29) is 5.60 Å². The van der Waals surface area contributed by atoms with Crippen molar-refractivity contribution in [3.8, 4) is 0 Å². The summed E-state index contributed by atoms with van der Waals surface area (Å²) in [6.45, 7) is 12.1. The zero-order valence-electron chi connectivity index (χ0n) is 11.1. The van der Waals surface area contributed by atoms with Crippen LogP contribution in [0.4, 0.5) is 0 Å². The predicted octanol–water partition coefficient (Wildman–Crippen LogP) is 2.53. The minimum atomic E-state index is -0.238. The van der Waals surface area contributed by atoms with Crippen LogP contribution in [0.3, 0.4) is 0 Å². The molecule has 0 aliphatic carbocycles. The van der Waals surface area contributed by atoms with Crippen LogP contribution in [-0.2, 0) is 4.65 Å². The van der Waals surface area contributed by atoms with Crippen molar-refractivity contribution in [2.75, 3.05) is 6.66 Å². The summed E-state index contributed by atoms with van der Waals surface area (Å²) in [5, 5.41) is 7.80. The fourth-order valence-electron chi connectivity index (χ4n) is 0.831. The van der Waals surface area contributed by atoms with Crippen LogP contribution in [-0.4, -0.2) is 25.2 Å². The van der Waals surface area contributed by atoms with Crippen LogP contribution in [0.5, 0.6) is 0 Å². The zero-order valence-corrected chi connectivity index (χ0v) is 12.1. The monoisotopic (exact) mass is 241 g/mol. The molecule has 0 spiro atoms. The third kappa shape index (κ3) is 4.67. The highest BCUT2D eigenvalue weighted by atomic mass is 31.1. The molecule has 0 aromatic heterocycles. The zero-order chi connectivity index (χ0) is 12.9. The maximum absolute atomic E-state index is 7.80. The van der Waals surface area contributed by atoms with Gasteiger partial charge in [-0.05, 0) is 38.8 Å². The highest BCUT2D eigenvalue weighted by Gasteiger charge is 2.24. The van der Waals surface area contributed by atoms with Crippen molar-refractivity contribution in [1.82, 2.24) is 0 Å². The Labute approximate surface area is 102 Å². The molecule has 0 aliphatic heterocycles. The summed E-state index contributed by atoms with van der Waals surface area (Å²) in [4.78, 5) is 0. The van der Waals surface area contributed by atoms with Gasteiger partial charge in [0.2, 0.25) is 0 Å². The second-order valence-electron chi connectivity index (χ2n) is 4.72. The van der Waals surface area contributed by atoms with E-state index in [9.17, 15) is 0 Å². The lowest BCUT2D eigenvalue weighted by Crippen LogP contribution is -2.34. The van der Waals surface area contributed by atoms with Crippen LogP contribution in [0.2, 0.25) is 0 Å². The Bertz CT molecular complexity index is 284. The first-order valence-corrected chi connectivity index (χ1v) is 6.96. The average Bonchev–Trinajstić information content (AvgIpc) is 2.16. The number of nitrogens with one attached hydrogen (secondary N) is 1. The van der Waals surface area contributed by atoms with Crippen molar-refractivity contribution >= 4 is 21.5 Å². The van der Waals surface area contributed by atoms with Crippen LogP contribution in [0.1, 0.15) is 34.6 Å². The molecule has 0 saturated heterocycles. The molecule has 3 N–H and O–H groups in total. The molecule has 0 aromatic carbocycles. The van der Waals surface area contributed by atoms with Gasteiger partial charge in [0.1, 0.15) is 0 Å². The molecule has 0 amide bonds. The second-order valence-corrected chi connectivity index (χ2v) is 5.72. The fourth-order valence-corrected chi connectivity index (χ4v) is 1.36. The molecule has 0 bridgehead atoms. The van der Waals surface area contributed by atoms with E-state index < -0.39 is 0 Å². The highest BCUT2D eigenvalue weighted by Crippen LogP contribution is 2.22. The lowest BCUT2D eigenvalue weighted by atomic mass is 9.83. The van der Waals surface area contributed by atoms with Gasteiger partial charge in [-0.15, -0.1) is 0 Å². The van der Waals surface area contributed by atoms with Gasteiger partial charge >= 0.3 is 7.48 Å². The van der Waals surface area contributed by atoms with Gasteiger partial charge in [-0.2, -0.15) is 0 Å². The average molecular weight is 241 g/mol. The summed E-state index contributed by atoms with van der Waals surface area (Å²) in [5.74, 6) is 0.404. The van der Waals surface area contributed by atoms with Crippen molar-refractivity contribution in [2.24, 2.45) is 11.7 Å². The highest BCUT2D eigenvalue weighted by molar-refractivity contribution is 7.58. The van der Waals surface area contributed by atoms with Crippen LogP contribution in [0.25, 0.3) is 0 Å². The van der Waals surface area contributed by atoms with Crippen molar-refractivity contribution < 1.29 is 4.65 Å². The minimum Gasteiger partial charge on any atom is -0.429 e. The van der Waals surface area contributed by atoms with Crippen molar-refractivity contribution in [3.63, 3.8) is 0 Å². The van der Waals surface area contributed by atoms with Crippen molar-refractivity contribution in [3.05, 3.63) is 11.2 Å². The van der Waals surface area contributed by atoms with Crippen molar-refractivity contribution in [2.45, 2.75) is 40.2 Å². The van der Waals surface area contributed by atoms with E-state index in [4.69, 9.17) is 15.8 Å². The lowest BCUT2D eigenvalue weighted by molar-refractivity contribution is 0.0661. The topological polar surface area (TPSA) is 59.1 Å². The Morgan fingerprint density at radius 1 is 1.44 bits per heavy atom.